The first-order chi connectivity index (χ1) is 16.9. The van der Waals surface area contributed by atoms with Crippen molar-refractivity contribution in [3.05, 3.63) is 84.4 Å². The summed E-state index contributed by atoms with van der Waals surface area (Å²) in [5, 5.41) is 0. The molecule has 3 aromatic rings. The van der Waals surface area contributed by atoms with Gasteiger partial charge in [-0.05, 0) is 48.4 Å². The first-order valence-corrected chi connectivity index (χ1v) is 12.5. The largest absolute Gasteiger partial charge is 0.493 e. The molecule has 1 aliphatic heterocycles. The lowest BCUT2D eigenvalue weighted by Gasteiger charge is -2.27. The van der Waals surface area contributed by atoms with Crippen molar-refractivity contribution in [2.24, 2.45) is 0 Å². The van der Waals surface area contributed by atoms with Gasteiger partial charge in [-0.1, -0.05) is 42.5 Å². The van der Waals surface area contributed by atoms with Gasteiger partial charge in [0.05, 0.1) is 31.2 Å². The number of anilines is 1. The highest BCUT2D eigenvalue weighted by atomic mass is 32.2. The minimum atomic E-state index is -4.07. The summed E-state index contributed by atoms with van der Waals surface area (Å²) in [7, 11) is -1.01. The number of benzene rings is 3. The molecule has 182 valence electrons. The maximum atomic E-state index is 13.7. The average Bonchev–Trinajstić information content (AvgIpc) is 3.18. The standard InChI is InChI=1S/C26H26N2O6S/c1-33-23-14-13-19(17-24(23)34-2)15-16-27(35(31,32)21-11-7-4-8-12-21)22-18-25(29)28(26(22)30)20-9-5-3-6-10-20/h3-14,17,22H,15-16,18H2,1-2H3. The molecule has 0 saturated carbocycles. The Kier molecular flexibility index (Phi) is 7.18. The van der Waals surface area contributed by atoms with Gasteiger partial charge in [0.25, 0.3) is 5.91 Å². The molecule has 0 aliphatic carbocycles. The quantitative estimate of drug-likeness (QED) is 0.424. The summed E-state index contributed by atoms with van der Waals surface area (Å²) < 4.78 is 39.1. The van der Waals surface area contributed by atoms with Crippen LogP contribution in [0.4, 0.5) is 5.69 Å². The van der Waals surface area contributed by atoms with Crippen molar-refractivity contribution < 1.29 is 27.5 Å². The Labute approximate surface area is 204 Å². The van der Waals surface area contributed by atoms with Crippen LogP contribution in [0.2, 0.25) is 0 Å². The minimum Gasteiger partial charge on any atom is -0.493 e. The highest BCUT2D eigenvalue weighted by Gasteiger charge is 2.46. The number of rotatable bonds is 9. The summed E-state index contributed by atoms with van der Waals surface area (Å²) >= 11 is 0. The van der Waals surface area contributed by atoms with E-state index < -0.39 is 27.9 Å². The first-order valence-electron chi connectivity index (χ1n) is 11.1. The molecule has 1 aliphatic rings. The second-order valence-electron chi connectivity index (χ2n) is 7.99. The van der Waals surface area contributed by atoms with Crippen LogP contribution in [-0.2, 0) is 26.0 Å². The molecule has 4 rings (SSSR count). The van der Waals surface area contributed by atoms with Gasteiger partial charge < -0.3 is 9.47 Å². The van der Waals surface area contributed by atoms with E-state index in [2.05, 4.69) is 0 Å². The van der Waals surface area contributed by atoms with Crippen LogP contribution in [0.3, 0.4) is 0 Å². The van der Waals surface area contributed by atoms with Crippen LogP contribution in [0.5, 0.6) is 11.5 Å². The summed E-state index contributed by atoms with van der Waals surface area (Å²) in [4.78, 5) is 27.4. The Bertz CT molecular complexity index is 1310. The topological polar surface area (TPSA) is 93.2 Å². The fraction of sp³-hybridized carbons (Fsp3) is 0.231. The lowest BCUT2D eigenvalue weighted by Crippen LogP contribution is -2.46. The maximum absolute atomic E-state index is 13.7. The number of para-hydroxylation sites is 1. The number of methoxy groups -OCH3 is 2. The lowest BCUT2D eigenvalue weighted by atomic mass is 10.1. The molecule has 0 spiro atoms. The molecule has 2 amide bonds. The smallest absolute Gasteiger partial charge is 0.252 e. The van der Waals surface area contributed by atoms with Crippen LogP contribution in [0.15, 0.2) is 83.8 Å². The van der Waals surface area contributed by atoms with E-state index >= 15 is 0 Å². The molecule has 8 nitrogen and oxygen atoms in total. The van der Waals surface area contributed by atoms with Gasteiger partial charge in [-0.25, -0.2) is 13.3 Å². The molecule has 3 aromatic carbocycles. The normalized spacial score (nSPS) is 16.1. The first kappa shape index (κ1) is 24.4. The molecule has 0 bridgehead atoms. The van der Waals surface area contributed by atoms with E-state index in [9.17, 15) is 18.0 Å². The molecule has 0 N–H and O–H groups in total. The van der Waals surface area contributed by atoms with Crippen molar-refractivity contribution >= 4 is 27.5 Å². The van der Waals surface area contributed by atoms with Gasteiger partial charge in [0, 0.05) is 6.54 Å². The Morgan fingerprint density at radius 1 is 0.886 bits per heavy atom. The summed E-state index contributed by atoms with van der Waals surface area (Å²) in [5.41, 5.74) is 1.22. The van der Waals surface area contributed by atoms with E-state index in [1.54, 1.807) is 60.7 Å². The van der Waals surface area contributed by atoms with Gasteiger partial charge in [0.1, 0.15) is 6.04 Å². The number of carbonyl (C=O) groups is 2. The van der Waals surface area contributed by atoms with Gasteiger partial charge >= 0.3 is 0 Å². The van der Waals surface area contributed by atoms with Gasteiger partial charge in [0.15, 0.2) is 11.5 Å². The summed E-state index contributed by atoms with van der Waals surface area (Å²) in [5.74, 6) is 0.0727. The second-order valence-corrected chi connectivity index (χ2v) is 9.88. The molecule has 1 unspecified atom stereocenters. The third kappa shape index (κ3) is 4.91. The summed E-state index contributed by atoms with van der Waals surface area (Å²) in [6.07, 6.45) is 0.0709. The van der Waals surface area contributed by atoms with E-state index in [1.807, 2.05) is 6.07 Å². The fourth-order valence-corrected chi connectivity index (χ4v) is 5.74. The average molecular weight is 495 g/mol. The Morgan fingerprint density at radius 3 is 2.14 bits per heavy atom. The number of ether oxygens (including phenoxy) is 2. The third-order valence-corrected chi connectivity index (χ3v) is 7.83. The zero-order valence-electron chi connectivity index (χ0n) is 19.5. The Morgan fingerprint density at radius 2 is 1.51 bits per heavy atom. The van der Waals surface area contributed by atoms with Crippen LogP contribution >= 0.6 is 0 Å². The molecule has 1 fully saturated rings. The van der Waals surface area contributed by atoms with E-state index in [1.165, 1.54) is 26.4 Å². The number of imide groups is 1. The van der Waals surface area contributed by atoms with E-state index in [0.717, 1.165) is 14.8 Å². The number of hydrogen-bond acceptors (Lipinski definition) is 6. The zero-order valence-corrected chi connectivity index (χ0v) is 20.3. The fourth-order valence-electron chi connectivity index (χ4n) is 4.14. The molecule has 1 saturated heterocycles. The van der Waals surface area contributed by atoms with E-state index in [4.69, 9.17) is 9.47 Å². The minimum absolute atomic E-state index is 0.000965. The van der Waals surface area contributed by atoms with Crippen molar-refractivity contribution in [1.29, 1.82) is 0 Å². The Balaban J connectivity index is 1.68. The zero-order chi connectivity index (χ0) is 25.0. The molecular formula is C26H26N2O6S. The predicted octanol–water partition coefficient (Wildman–Crippen LogP) is 3.27. The number of sulfonamides is 1. The molecule has 1 atom stereocenters. The number of nitrogens with zero attached hydrogens (tertiary/aromatic N) is 2. The van der Waals surface area contributed by atoms with Gasteiger partial charge in [0.2, 0.25) is 15.9 Å². The number of hydrogen-bond donors (Lipinski definition) is 0. The highest BCUT2D eigenvalue weighted by molar-refractivity contribution is 7.89. The van der Waals surface area contributed by atoms with Crippen LogP contribution in [0, 0.1) is 0 Å². The highest BCUT2D eigenvalue weighted by Crippen LogP contribution is 2.31. The molecule has 0 aromatic heterocycles. The van der Waals surface area contributed by atoms with Crippen molar-refractivity contribution in [1.82, 2.24) is 4.31 Å². The summed E-state index contributed by atoms with van der Waals surface area (Å²) in [6.45, 7) is -0.000965. The molecule has 0 radical (unpaired) electrons. The van der Waals surface area contributed by atoms with Crippen LogP contribution in [0.1, 0.15) is 12.0 Å². The maximum Gasteiger partial charge on any atom is 0.252 e. The van der Waals surface area contributed by atoms with Crippen molar-refractivity contribution in [2.75, 3.05) is 25.7 Å². The van der Waals surface area contributed by atoms with Gasteiger partial charge in [-0.15, -0.1) is 0 Å². The van der Waals surface area contributed by atoms with Crippen LogP contribution in [-0.4, -0.2) is 51.3 Å². The lowest BCUT2D eigenvalue weighted by molar-refractivity contribution is -0.122. The number of carbonyl (C=O) groups excluding carboxylic acids is 2. The molecule has 1 heterocycles. The SMILES string of the molecule is COc1ccc(CCN(C2CC(=O)N(c3ccccc3)C2=O)S(=O)(=O)c2ccccc2)cc1OC. The van der Waals surface area contributed by atoms with Crippen LogP contribution in [0.25, 0.3) is 0 Å². The van der Waals surface area contributed by atoms with E-state index in [0.29, 0.717) is 23.6 Å². The second kappa shape index (κ2) is 10.3. The molecular weight excluding hydrogens is 468 g/mol. The van der Waals surface area contributed by atoms with Crippen LogP contribution < -0.4 is 14.4 Å². The third-order valence-electron chi connectivity index (χ3n) is 5.90. The van der Waals surface area contributed by atoms with Gasteiger partial charge in [-0.3, -0.25) is 9.59 Å². The predicted molar refractivity (Wildman–Crippen MR) is 131 cm³/mol. The monoisotopic (exact) mass is 494 g/mol. The Hall–Kier alpha value is -3.69. The molecule has 35 heavy (non-hydrogen) atoms. The van der Waals surface area contributed by atoms with Gasteiger partial charge in [-0.2, -0.15) is 4.31 Å². The number of amides is 2. The van der Waals surface area contributed by atoms with Crippen molar-refractivity contribution in [3.63, 3.8) is 0 Å². The summed E-state index contributed by atoms with van der Waals surface area (Å²) in [6, 6.07) is 20.6. The van der Waals surface area contributed by atoms with E-state index in [-0.39, 0.29) is 17.9 Å². The molecule has 9 heteroatoms. The van der Waals surface area contributed by atoms with Crippen molar-refractivity contribution in [3.8, 4) is 11.5 Å². The van der Waals surface area contributed by atoms with Crippen molar-refractivity contribution in [2.45, 2.75) is 23.8 Å².